The van der Waals surface area contributed by atoms with Crippen molar-refractivity contribution < 1.29 is 64.0 Å². The van der Waals surface area contributed by atoms with Gasteiger partial charge in [0, 0.05) is 70.9 Å². The molecule has 0 saturated heterocycles. The summed E-state index contributed by atoms with van der Waals surface area (Å²) in [6, 6.07) is 17.3. The quantitative estimate of drug-likeness (QED) is 0.118. The number of fused-ring (bicyclic) bond motifs is 3. The first-order valence-electron chi connectivity index (χ1n) is 23.8. The normalized spacial score (nSPS) is 14.7. The zero-order chi connectivity index (χ0) is 48.9. The first-order valence-corrected chi connectivity index (χ1v) is 24.6. The molecular formula is C57H71BrN3NaO7. The molecule has 0 spiro atoms. The SMILES string of the molecule is C=C(C)Br.C=C(C)c1c(C2CCCC2)c2ccc(C(=O)O)cc2n1C.C=C(C)c1c(C2CCCC2)c2ccc(C(=O)OC)cc2n1C.COC(=O)c1ccc2c(C3CCCC3)c(C)n(C)c2c1.[Na+].[OH-]. The van der Waals surface area contributed by atoms with E-state index in [0.29, 0.717) is 34.4 Å². The molecule has 69 heavy (non-hydrogen) atoms. The molecule has 6 aromatic rings. The van der Waals surface area contributed by atoms with Gasteiger partial charge in [-0.2, -0.15) is 0 Å². The molecule has 3 saturated carbocycles. The van der Waals surface area contributed by atoms with E-state index in [1.54, 1.807) is 12.1 Å². The van der Waals surface area contributed by atoms with Crippen LogP contribution in [-0.4, -0.2) is 56.4 Å². The van der Waals surface area contributed by atoms with Crippen LogP contribution in [0.5, 0.6) is 0 Å². The average Bonchev–Trinajstić information content (AvgIpc) is 4.18. The monoisotopic (exact) mass is 1010 g/mol. The summed E-state index contributed by atoms with van der Waals surface area (Å²) in [4.78, 5) is 34.7. The Bertz CT molecular complexity index is 2860. The number of allylic oxidation sites excluding steroid dienone is 3. The Balaban J connectivity index is 0.000000214. The minimum Gasteiger partial charge on any atom is -0.870 e. The fourth-order valence-corrected chi connectivity index (χ4v) is 11.2. The molecule has 12 heteroatoms. The third kappa shape index (κ3) is 12.3. The molecule has 0 bridgehead atoms. The topological polar surface area (TPSA) is 135 Å². The van der Waals surface area contributed by atoms with Crippen LogP contribution < -0.4 is 29.6 Å². The van der Waals surface area contributed by atoms with Crippen LogP contribution in [0, 0.1) is 6.92 Å². The summed E-state index contributed by atoms with van der Waals surface area (Å²) in [7, 11) is 8.99. The van der Waals surface area contributed by atoms with Gasteiger partial charge in [-0.15, -0.1) is 0 Å². The van der Waals surface area contributed by atoms with Crippen LogP contribution in [0.1, 0.15) is 180 Å². The number of nitrogens with zero attached hydrogens (tertiary/aromatic N) is 3. The number of carboxylic acid groups (broad SMARTS) is 1. The Hall–Kier alpha value is -4.65. The van der Waals surface area contributed by atoms with Gasteiger partial charge in [0.1, 0.15) is 0 Å². The van der Waals surface area contributed by atoms with Gasteiger partial charge >= 0.3 is 47.5 Å². The van der Waals surface area contributed by atoms with Crippen molar-refractivity contribution in [3.8, 4) is 0 Å². The second-order valence-electron chi connectivity index (χ2n) is 18.9. The average molecular weight is 1010 g/mol. The number of aromatic carboxylic acids is 1. The number of methoxy groups -OCH3 is 2. The van der Waals surface area contributed by atoms with Gasteiger partial charge in [-0.3, -0.25) is 0 Å². The van der Waals surface area contributed by atoms with Crippen molar-refractivity contribution in [2.24, 2.45) is 21.1 Å². The summed E-state index contributed by atoms with van der Waals surface area (Å²) >= 11 is 3.08. The summed E-state index contributed by atoms with van der Waals surface area (Å²) in [5.74, 6) is 0.436. The maximum absolute atomic E-state index is 11.8. The van der Waals surface area contributed by atoms with Crippen LogP contribution in [0.4, 0.5) is 0 Å². The molecule has 3 aliphatic rings. The summed E-state index contributed by atoms with van der Waals surface area (Å²) in [5, 5.41) is 12.9. The molecule has 0 aliphatic heterocycles. The molecule has 0 unspecified atom stereocenters. The standard InChI is InChI=1S/C19H23NO2.C18H21NO2.C17H21NO2.C3H5Br.Na.H2O/c1-12(2)18-17(13-7-5-6-8-13)15-10-9-14(19(21)22-4)11-16(15)20(18)3;1-11(2)17-16(12-6-4-5-7-12)14-9-8-13(18(20)21)10-15(14)19(17)3;1-11-16(12-6-4-5-7-12)14-9-8-13(17(19)20-3)10-15(14)18(11)2;1-3(2)4;;/h9-11,13H,1,5-8H2,2-4H3;8-10,12H,1,4-7H2,2-3H3,(H,20,21);8-10,12H,4-7H2,1-3H3;1H2,2H3;;1H2/q;;;;+1;/p-1. The zero-order valence-electron chi connectivity index (χ0n) is 42.7. The second kappa shape index (κ2) is 25.0. The van der Waals surface area contributed by atoms with Crippen LogP contribution in [0.3, 0.4) is 0 Å². The van der Waals surface area contributed by atoms with Crippen molar-refractivity contribution in [2.45, 2.75) is 122 Å². The number of ether oxygens (including phenoxy) is 2. The first kappa shape index (κ1) is 56.9. The molecule has 2 N–H and O–H groups in total. The number of hydrogen-bond donors (Lipinski definition) is 1. The Labute approximate surface area is 439 Å². The smallest absolute Gasteiger partial charge is 0.870 e. The maximum Gasteiger partial charge on any atom is 1.00 e. The van der Waals surface area contributed by atoms with Gasteiger partial charge in [0.2, 0.25) is 0 Å². The van der Waals surface area contributed by atoms with Crippen LogP contribution in [0.25, 0.3) is 43.9 Å². The number of aryl methyl sites for hydroxylation is 3. The van der Waals surface area contributed by atoms with E-state index in [9.17, 15) is 19.5 Å². The van der Waals surface area contributed by atoms with Crippen molar-refractivity contribution in [2.75, 3.05) is 14.2 Å². The molecular weight excluding hydrogens is 942 g/mol. The Kier molecular flexibility index (Phi) is 20.6. The number of carbonyl (C=O) groups excluding carboxylic acids is 2. The predicted molar refractivity (Wildman–Crippen MR) is 282 cm³/mol. The van der Waals surface area contributed by atoms with E-state index in [4.69, 9.17) is 9.47 Å². The summed E-state index contributed by atoms with van der Waals surface area (Å²) in [6.07, 6.45) is 15.4. The number of carboxylic acids is 1. The maximum atomic E-state index is 11.8. The molecule has 10 nitrogen and oxygen atoms in total. The molecule has 0 radical (unpaired) electrons. The van der Waals surface area contributed by atoms with Crippen LogP contribution >= 0.6 is 15.9 Å². The van der Waals surface area contributed by atoms with Crippen molar-refractivity contribution in [1.82, 2.24) is 13.7 Å². The first-order chi connectivity index (χ1) is 31.9. The van der Waals surface area contributed by atoms with Gasteiger partial charge in [-0.25, -0.2) is 14.4 Å². The number of halogens is 1. The van der Waals surface area contributed by atoms with Gasteiger partial charge in [-0.1, -0.05) is 92.4 Å². The molecule has 0 amide bonds. The number of benzene rings is 3. The van der Waals surface area contributed by atoms with Gasteiger partial charge < -0.3 is 33.8 Å². The molecule has 3 aliphatic carbocycles. The largest absolute Gasteiger partial charge is 1.00 e. The van der Waals surface area contributed by atoms with E-state index in [-0.39, 0.29) is 47.0 Å². The molecule has 3 heterocycles. The van der Waals surface area contributed by atoms with Crippen LogP contribution in [0.15, 0.2) is 78.8 Å². The molecule has 9 rings (SSSR count). The third-order valence-corrected chi connectivity index (χ3v) is 14.2. The molecule has 3 aromatic carbocycles. The van der Waals surface area contributed by atoms with Crippen LogP contribution in [-0.2, 0) is 30.6 Å². The minimum absolute atomic E-state index is 0. The number of rotatable bonds is 8. The Morgan fingerprint density at radius 2 is 0.855 bits per heavy atom. The predicted octanol–water partition coefficient (Wildman–Crippen LogP) is 11.9. The summed E-state index contributed by atoms with van der Waals surface area (Å²) in [6.45, 7) is 20.0. The summed E-state index contributed by atoms with van der Waals surface area (Å²) in [5.41, 5.74) is 14.9. The number of carbonyl (C=O) groups is 3. The number of aromatic nitrogens is 3. The van der Waals surface area contributed by atoms with Crippen LogP contribution in [0.2, 0.25) is 0 Å². The minimum atomic E-state index is -0.877. The van der Waals surface area contributed by atoms with Crippen molar-refractivity contribution in [3.05, 3.63) is 129 Å². The van der Waals surface area contributed by atoms with Crippen molar-refractivity contribution >= 4 is 77.7 Å². The van der Waals surface area contributed by atoms with Crippen molar-refractivity contribution in [3.63, 3.8) is 0 Å². The Morgan fingerprint density at radius 1 is 0.565 bits per heavy atom. The van der Waals surface area contributed by atoms with E-state index in [1.165, 1.54) is 141 Å². The molecule has 364 valence electrons. The molecule has 3 fully saturated rings. The number of hydrogen-bond acceptors (Lipinski definition) is 6. The number of esters is 2. The third-order valence-electron chi connectivity index (χ3n) is 14.2. The summed E-state index contributed by atoms with van der Waals surface area (Å²) < 4.78 is 17.1. The molecule has 0 atom stereocenters. The van der Waals surface area contributed by atoms with Gasteiger partial charge in [0.15, 0.2) is 0 Å². The van der Waals surface area contributed by atoms with E-state index >= 15 is 0 Å². The second-order valence-corrected chi connectivity index (χ2v) is 20.2. The Morgan fingerprint density at radius 3 is 1.17 bits per heavy atom. The molecule has 3 aromatic heterocycles. The van der Waals surface area contributed by atoms with Gasteiger partial charge in [0.05, 0.1) is 30.9 Å². The van der Waals surface area contributed by atoms with Gasteiger partial charge in [-0.05, 0) is 153 Å². The van der Waals surface area contributed by atoms with E-state index < -0.39 is 5.97 Å². The van der Waals surface area contributed by atoms with E-state index in [1.807, 2.05) is 51.2 Å². The van der Waals surface area contributed by atoms with Crippen molar-refractivity contribution in [1.29, 1.82) is 0 Å². The van der Waals surface area contributed by atoms with Gasteiger partial charge in [0.25, 0.3) is 0 Å². The zero-order valence-corrected chi connectivity index (χ0v) is 46.3. The fraction of sp³-hybridized carbons (Fsp3) is 0.421. The fourth-order valence-electron chi connectivity index (χ4n) is 11.2. The van der Waals surface area contributed by atoms with E-state index in [2.05, 4.69) is 89.4 Å². The van der Waals surface area contributed by atoms with E-state index in [0.717, 1.165) is 32.2 Å².